The van der Waals surface area contributed by atoms with Gasteiger partial charge in [0.1, 0.15) is 0 Å². The Bertz CT molecular complexity index is 166. The number of ether oxygens (including phenoxy) is 1. The second-order valence-corrected chi connectivity index (χ2v) is 4.38. The Morgan fingerprint density at radius 2 is 1.93 bits per heavy atom. The first kappa shape index (κ1) is 14.4. The highest BCUT2D eigenvalue weighted by atomic mass is 16.5. The number of hydrogen-bond acceptors (Lipinski definition) is 2. The van der Waals surface area contributed by atoms with Crippen molar-refractivity contribution in [2.75, 3.05) is 6.61 Å². The Labute approximate surface area is 92.8 Å². The molecule has 1 unspecified atom stereocenters. The Kier molecular flexibility index (Phi) is 8.38. The zero-order valence-electron chi connectivity index (χ0n) is 10.2. The fraction of sp³-hybridized carbons (Fsp3) is 0.917. The lowest BCUT2D eigenvalue weighted by molar-refractivity contribution is -0.151. The van der Waals surface area contributed by atoms with Crippen molar-refractivity contribution < 1.29 is 14.6 Å². The topological polar surface area (TPSA) is 46.5 Å². The van der Waals surface area contributed by atoms with Gasteiger partial charge in [-0.3, -0.25) is 0 Å². The fourth-order valence-corrected chi connectivity index (χ4v) is 1.38. The molecule has 0 radical (unpaired) electrons. The van der Waals surface area contributed by atoms with E-state index in [-0.39, 0.29) is 0 Å². The summed E-state index contributed by atoms with van der Waals surface area (Å²) in [5.74, 6) is -0.166. The molecule has 0 amide bonds. The van der Waals surface area contributed by atoms with Crippen molar-refractivity contribution in [2.24, 2.45) is 5.92 Å². The molecule has 0 aromatic rings. The van der Waals surface area contributed by atoms with Crippen LogP contribution in [-0.2, 0) is 9.53 Å². The van der Waals surface area contributed by atoms with E-state index in [4.69, 9.17) is 9.84 Å². The summed E-state index contributed by atoms with van der Waals surface area (Å²) >= 11 is 0. The zero-order chi connectivity index (χ0) is 11.7. The van der Waals surface area contributed by atoms with E-state index in [2.05, 4.69) is 20.8 Å². The van der Waals surface area contributed by atoms with E-state index in [0.717, 1.165) is 25.7 Å². The van der Waals surface area contributed by atoms with E-state index in [1.54, 1.807) is 0 Å². The van der Waals surface area contributed by atoms with Gasteiger partial charge in [0.25, 0.3) is 0 Å². The van der Waals surface area contributed by atoms with Crippen LogP contribution in [0.15, 0.2) is 0 Å². The molecule has 0 aliphatic carbocycles. The van der Waals surface area contributed by atoms with Gasteiger partial charge in [-0.1, -0.05) is 33.6 Å². The normalized spacial score (nSPS) is 13.1. The van der Waals surface area contributed by atoms with Crippen molar-refractivity contribution in [2.45, 2.75) is 59.0 Å². The van der Waals surface area contributed by atoms with Crippen molar-refractivity contribution in [3.63, 3.8) is 0 Å². The van der Waals surface area contributed by atoms with Gasteiger partial charge in [-0.15, -0.1) is 0 Å². The first-order valence-electron chi connectivity index (χ1n) is 5.92. The minimum absolute atomic E-state index is 0.568. The molecule has 0 bridgehead atoms. The molecule has 0 saturated carbocycles. The molecule has 0 spiro atoms. The lowest BCUT2D eigenvalue weighted by Crippen LogP contribution is -2.24. The standard InChI is InChI=1S/C12H24O3/c1-4-5-8-11(12(13)14)15-9-6-7-10(2)3/h10-11H,4-9H2,1-3H3,(H,13,14). The lowest BCUT2D eigenvalue weighted by Gasteiger charge is -2.13. The van der Waals surface area contributed by atoms with E-state index in [9.17, 15) is 4.79 Å². The van der Waals surface area contributed by atoms with Gasteiger partial charge in [-0.25, -0.2) is 4.79 Å². The Hall–Kier alpha value is -0.570. The van der Waals surface area contributed by atoms with Crippen molar-refractivity contribution in [1.29, 1.82) is 0 Å². The van der Waals surface area contributed by atoms with E-state index in [0.29, 0.717) is 18.9 Å². The lowest BCUT2D eigenvalue weighted by atomic mass is 10.1. The number of hydrogen-bond donors (Lipinski definition) is 1. The monoisotopic (exact) mass is 216 g/mol. The van der Waals surface area contributed by atoms with E-state index in [1.807, 2.05) is 0 Å². The van der Waals surface area contributed by atoms with Crippen molar-refractivity contribution >= 4 is 5.97 Å². The molecule has 3 nitrogen and oxygen atoms in total. The molecule has 1 atom stereocenters. The van der Waals surface area contributed by atoms with Crippen LogP contribution in [-0.4, -0.2) is 23.8 Å². The summed E-state index contributed by atoms with van der Waals surface area (Å²) in [6, 6.07) is 0. The van der Waals surface area contributed by atoms with Crippen molar-refractivity contribution in [3.8, 4) is 0 Å². The molecular weight excluding hydrogens is 192 g/mol. The number of carboxylic acids is 1. The molecule has 90 valence electrons. The van der Waals surface area contributed by atoms with Crippen LogP contribution in [0.3, 0.4) is 0 Å². The third-order valence-corrected chi connectivity index (χ3v) is 2.34. The average Bonchev–Trinajstić information content (AvgIpc) is 2.15. The molecule has 0 aromatic heterocycles. The minimum Gasteiger partial charge on any atom is -0.479 e. The summed E-state index contributed by atoms with van der Waals surface area (Å²) in [6.07, 6.45) is 4.01. The van der Waals surface area contributed by atoms with Gasteiger partial charge in [0, 0.05) is 6.61 Å². The summed E-state index contributed by atoms with van der Waals surface area (Å²) in [4.78, 5) is 10.8. The second kappa shape index (κ2) is 8.72. The van der Waals surface area contributed by atoms with Crippen LogP contribution >= 0.6 is 0 Å². The largest absolute Gasteiger partial charge is 0.479 e. The molecule has 0 rings (SSSR count). The summed E-state index contributed by atoms with van der Waals surface area (Å²) in [5, 5.41) is 8.88. The maximum Gasteiger partial charge on any atom is 0.332 e. The quantitative estimate of drug-likeness (QED) is 0.602. The SMILES string of the molecule is CCCCC(OCCCC(C)C)C(=O)O. The summed E-state index contributed by atoms with van der Waals surface area (Å²) < 4.78 is 5.36. The summed E-state index contributed by atoms with van der Waals surface area (Å²) in [7, 11) is 0. The first-order chi connectivity index (χ1) is 7.07. The third-order valence-electron chi connectivity index (χ3n) is 2.34. The Balaban J connectivity index is 3.62. The van der Waals surface area contributed by atoms with E-state index in [1.165, 1.54) is 0 Å². The minimum atomic E-state index is -0.826. The van der Waals surface area contributed by atoms with Gasteiger partial charge < -0.3 is 9.84 Å². The van der Waals surface area contributed by atoms with Crippen LogP contribution in [0.4, 0.5) is 0 Å². The van der Waals surface area contributed by atoms with Crippen LogP contribution in [0.2, 0.25) is 0 Å². The highest BCUT2D eigenvalue weighted by molar-refractivity contribution is 5.72. The van der Waals surface area contributed by atoms with Crippen LogP contribution in [0.1, 0.15) is 52.9 Å². The highest BCUT2D eigenvalue weighted by Gasteiger charge is 2.16. The maximum absolute atomic E-state index is 10.8. The molecule has 3 heteroatoms. The number of carbonyl (C=O) groups is 1. The number of carboxylic acid groups (broad SMARTS) is 1. The zero-order valence-corrected chi connectivity index (χ0v) is 10.2. The molecule has 0 saturated heterocycles. The van der Waals surface area contributed by atoms with Gasteiger partial charge in [-0.05, 0) is 25.2 Å². The fourth-order valence-electron chi connectivity index (χ4n) is 1.38. The molecule has 0 aliphatic rings. The predicted octanol–water partition coefficient (Wildman–Crippen LogP) is 3.08. The van der Waals surface area contributed by atoms with Gasteiger partial charge in [-0.2, -0.15) is 0 Å². The smallest absolute Gasteiger partial charge is 0.332 e. The van der Waals surface area contributed by atoms with Crippen molar-refractivity contribution in [3.05, 3.63) is 0 Å². The Morgan fingerprint density at radius 3 is 2.40 bits per heavy atom. The Morgan fingerprint density at radius 1 is 1.27 bits per heavy atom. The van der Waals surface area contributed by atoms with Gasteiger partial charge in [0.15, 0.2) is 6.10 Å². The second-order valence-electron chi connectivity index (χ2n) is 4.38. The predicted molar refractivity (Wildman–Crippen MR) is 61.0 cm³/mol. The first-order valence-corrected chi connectivity index (χ1v) is 5.92. The van der Waals surface area contributed by atoms with E-state index < -0.39 is 12.1 Å². The maximum atomic E-state index is 10.8. The molecule has 0 heterocycles. The van der Waals surface area contributed by atoms with Gasteiger partial charge in [0.05, 0.1) is 0 Å². The van der Waals surface area contributed by atoms with Gasteiger partial charge in [0.2, 0.25) is 0 Å². The molecular formula is C12H24O3. The molecule has 0 aliphatic heterocycles. The number of rotatable bonds is 9. The summed E-state index contributed by atoms with van der Waals surface area (Å²) in [6.45, 7) is 6.94. The van der Waals surface area contributed by atoms with E-state index >= 15 is 0 Å². The van der Waals surface area contributed by atoms with Crippen LogP contribution in [0, 0.1) is 5.92 Å². The molecule has 0 fully saturated rings. The average molecular weight is 216 g/mol. The van der Waals surface area contributed by atoms with Crippen LogP contribution < -0.4 is 0 Å². The third kappa shape index (κ3) is 8.43. The molecule has 1 N–H and O–H groups in total. The number of unbranched alkanes of at least 4 members (excludes halogenated alkanes) is 1. The van der Waals surface area contributed by atoms with Crippen molar-refractivity contribution in [1.82, 2.24) is 0 Å². The number of aliphatic carboxylic acids is 1. The highest BCUT2D eigenvalue weighted by Crippen LogP contribution is 2.08. The molecule has 15 heavy (non-hydrogen) atoms. The van der Waals surface area contributed by atoms with Crippen LogP contribution in [0.25, 0.3) is 0 Å². The summed E-state index contributed by atoms with van der Waals surface area (Å²) in [5.41, 5.74) is 0. The van der Waals surface area contributed by atoms with Gasteiger partial charge >= 0.3 is 5.97 Å². The molecule has 0 aromatic carbocycles. The van der Waals surface area contributed by atoms with Crippen LogP contribution in [0.5, 0.6) is 0 Å².